The number of benzene rings is 2. The number of amides is 1. The second-order valence-electron chi connectivity index (χ2n) is 8.06. The van der Waals surface area contributed by atoms with Crippen molar-refractivity contribution in [3.05, 3.63) is 58.6 Å². The number of piperidine rings is 1. The van der Waals surface area contributed by atoms with Gasteiger partial charge in [0.1, 0.15) is 11.9 Å². The number of aliphatic hydroxyl groups excluding tert-OH is 1. The minimum atomic E-state index is -1.13. The monoisotopic (exact) mass is 495 g/mol. The average molecular weight is 496 g/mol. The highest BCUT2D eigenvalue weighted by Gasteiger charge is 2.28. The van der Waals surface area contributed by atoms with Crippen molar-refractivity contribution in [3.8, 4) is 5.75 Å². The van der Waals surface area contributed by atoms with Gasteiger partial charge in [-0.15, -0.1) is 12.4 Å². The lowest BCUT2D eigenvalue weighted by Gasteiger charge is -2.32. The van der Waals surface area contributed by atoms with Crippen LogP contribution in [0, 0.1) is 5.92 Å². The third-order valence-corrected chi connectivity index (χ3v) is 6.27. The molecule has 1 heterocycles. The number of nitrogens with one attached hydrogen (secondary N) is 2. The van der Waals surface area contributed by atoms with E-state index in [1.807, 2.05) is 6.07 Å². The lowest BCUT2D eigenvalue weighted by molar-refractivity contribution is 0.0707. The summed E-state index contributed by atoms with van der Waals surface area (Å²) >= 11 is 6.13. The number of nitrogens with two attached hydrogens (primary N) is 1. The molecule has 1 aliphatic heterocycles. The zero-order valence-corrected chi connectivity index (χ0v) is 20.1. The van der Waals surface area contributed by atoms with Gasteiger partial charge in [-0.2, -0.15) is 0 Å². The molecule has 2 atom stereocenters. The van der Waals surface area contributed by atoms with Gasteiger partial charge in [0.2, 0.25) is 0 Å². The molecule has 1 aliphatic rings. The Hall–Kier alpha value is -2.32. The molecule has 2 aromatic rings. The molecular weight excluding hydrogens is 465 g/mol. The van der Waals surface area contributed by atoms with Crippen LogP contribution in [0.5, 0.6) is 5.75 Å². The first-order chi connectivity index (χ1) is 15.4. The Morgan fingerprint density at radius 1 is 1.21 bits per heavy atom. The summed E-state index contributed by atoms with van der Waals surface area (Å²) in [5, 5.41) is 17.2. The highest BCUT2D eigenvalue weighted by atomic mass is 35.5. The van der Waals surface area contributed by atoms with Crippen LogP contribution in [0.25, 0.3) is 0 Å². The molecule has 9 heteroatoms. The maximum atomic E-state index is 13.1. The van der Waals surface area contributed by atoms with Crippen LogP contribution in [0.2, 0.25) is 5.02 Å². The van der Waals surface area contributed by atoms with Crippen LogP contribution in [-0.2, 0) is 0 Å². The Balaban J connectivity index is 0.00000385. The van der Waals surface area contributed by atoms with E-state index in [-0.39, 0.29) is 47.5 Å². The lowest BCUT2D eigenvalue weighted by atomic mass is 9.86. The number of anilines is 1. The van der Waals surface area contributed by atoms with Crippen LogP contribution in [0.15, 0.2) is 42.5 Å². The standard InChI is InChI=1S/C24H30ClN3O4.ClH/c1-32-22-14-19(26)18(25)13-17(22)24(31)28-20(15-9-11-27-12-10-15)7-8-21(29)23(30)16-5-3-2-4-6-16;/h2-6,13-15,20-21,27,29H,7-12,26H2,1H3,(H,28,31);1H. The highest BCUT2D eigenvalue weighted by Crippen LogP contribution is 2.29. The van der Waals surface area contributed by atoms with Gasteiger partial charge in [-0.1, -0.05) is 41.9 Å². The van der Waals surface area contributed by atoms with Crippen molar-refractivity contribution in [1.82, 2.24) is 10.6 Å². The number of ether oxygens (including phenoxy) is 1. The Labute approximate surface area is 205 Å². The third kappa shape index (κ3) is 7.08. The summed E-state index contributed by atoms with van der Waals surface area (Å²) in [5.41, 5.74) is 6.93. The Morgan fingerprint density at radius 2 is 1.88 bits per heavy atom. The molecule has 0 saturated carbocycles. The van der Waals surface area contributed by atoms with Gasteiger partial charge in [-0.05, 0) is 50.8 Å². The van der Waals surface area contributed by atoms with Crippen molar-refractivity contribution in [2.75, 3.05) is 25.9 Å². The largest absolute Gasteiger partial charge is 0.496 e. The van der Waals surface area contributed by atoms with Gasteiger partial charge in [-0.3, -0.25) is 9.59 Å². The summed E-state index contributed by atoms with van der Waals surface area (Å²) in [6.45, 7) is 1.72. The molecule has 33 heavy (non-hydrogen) atoms. The van der Waals surface area contributed by atoms with Crippen molar-refractivity contribution < 1.29 is 19.4 Å². The number of carbonyl (C=O) groups is 2. The van der Waals surface area contributed by atoms with E-state index in [9.17, 15) is 14.7 Å². The van der Waals surface area contributed by atoms with E-state index in [2.05, 4.69) is 10.6 Å². The molecule has 0 radical (unpaired) electrons. The van der Waals surface area contributed by atoms with E-state index < -0.39 is 6.10 Å². The number of methoxy groups -OCH3 is 1. The summed E-state index contributed by atoms with van der Waals surface area (Å²) in [6.07, 6.45) is 1.39. The van der Waals surface area contributed by atoms with Crippen LogP contribution >= 0.6 is 24.0 Å². The van der Waals surface area contributed by atoms with Crippen molar-refractivity contribution in [1.29, 1.82) is 0 Å². The molecule has 5 N–H and O–H groups in total. The fourth-order valence-corrected chi connectivity index (χ4v) is 4.26. The Morgan fingerprint density at radius 3 is 2.52 bits per heavy atom. The molecular formula is C24H31Cl2N3O4. The van der Waals surface area contributed by atoms with Crippen LogP contribution in [-0.4, -0.2) is 49.1 Å². The quantitative estimate of drug-likeness (QED) is 0.312. The maximum Gasteiger partial charge on any atom is 0.255 e. The van der Waals surface area contributed by atoms with Crippen LogP contribution in [0.4, 0.5) is 5.69 Å². The van der Waals surface area contributed by atoms with Crippen LogP contribution < -0.4 is 21.1 Å². The van der Waals surface area contributed by atoms with Crippen molar-refractivity contribution >= 4 is 41.4 Å². The summed E-state index contributed by atoms with van der Waals surface area (Å²) in [7, 11) is 1.47. The summed E-state index contributed by atoms with van der Waals surface area (Å²) < 4.78 is 5.31. The van der Waals surface area contributed by atoms with Crippen LogP contribution in [0.1, 0.15) is 46.4 Å². The van der Waals surface area contributed by atoms with E-state index in [1.165, 1.54) is 19.2 Å². The summed E-state index contributed by atoms with van der Waals surface area (Å²) in [6, 6.07) is 11.6. The molecule has 3 rings (SSSR count). The molecule has 1 amide bonds. The molecule has 0 bridgehead atoms. The first-order valence-corrected chi connectivity index (χ1v) is 11.2. The van der Waals surface area contributed by atoms with Crippen LogP contribution in [0.3, 0.4) is 0 Å². The fourth-order valence-electron chi connectivity index (χ4n) is 4.10. The van der Waals surface area contributed by atoms with Gasteiger partial charge in [0.05, 0.1) is 23.4 Å². The maximum absolute atomic E-state index is 13.1. The number of halogens is 2. The number of hydrogen-bond acceptors (Lipinski definition) is 6. The first kappa shape index (κ1) is 26.9. The third-order valence-electron chi connectivity index (χ3n) is 5.94. The molecule has 2 unspecified atom stereocenters. The van der Waals surface area contributed by atoms with Gasteiger partial charge in [0, 0.05) is 17.7 Å². The van der Waals surface area contributed by atoms with Gasteiger partial charge < -0.3 is 26.2 Å². The normalized spacial score (nSPS) is 15.7. The van der Waals surface area contributed by atoms with Crippen molar-refractivity contribution in [2.24, 2.45) is 5.92 Å². The van der Waals surface area contributed by atoms with Gasteiger partial charge in [-0.25, -0.2) is 0 Å². The number of ketones is 1. The van der Waals surface area contributed by atoms with Gasteiger partial charge in [0.15, 0.2) is 5.78 Å². The highest BCUT2D eigenvalue weighted by molar-refractivity contribution is 6.33. The fraction of sp³-hybridized carbons (Fsp3) is 0.417. The molecule has 180 valence electrons. The van der Waals surface area contributed by atoms with E-state index in [0.29, 0.717) is 29.0 Å². The molecule has 0 aliphatic carbocycles. The molecule has 1 saturated heterocycles. The number of rotatable bonds is 9. The van der Waals surface area contributed by atoms with E-state index in [4.69, 9.17) is 22.1 Å². The number of aliphatic hydroxyl groups is 1. The Bertz CT molecular complexity index is 937. The predicted octanol–water partition coefficient (Wildman–Crippen LogP) is 3.47. The molecule has 0 aromatic heterocycles. The molecule has 1 fully saturated rings. The molecule has 2 aromatic carbocycles. The topological polar surface area (TPSA) is 114 Å². The number of carbonyl (C=O) groups excluding carboxylic acids is 2. The second kappa shape index (κ2) is 12.8. The van der Waals surface area contributed by atoms with E-state index >= 15 is 0 Å². The zero-order valence-electron chi connectivity index (χ0n) is 18.6. The van der Waals surface area contributed by atoms with Gasteiger partial charge in [0.25, 0.3) is 5.91 Å². The predicted molar refractivity (Wildman–Crippen MR) is 133 cm³/mol. The number of hydrogen-bond donors (Lipinski definition) is 4. The van der Waals surface area contributed by atoms with Crippen molar-refractivity contribution in [2.45, 2.75) is 37.8 Å². The summed E-state index contributed by atoms with van der Waals surface area (Å²) in [4.78, 5) is 25.6. The van der Waals surface area contributed by atoms with E-state index in [0.717, 1.165) is 25.9 Å². The zero-order chi connectivity index (χ0) is 23.1. The smallest absolute Gasteiger partial charge is 0.255 e. The minimum Gasteiger partial charge on any atom is -0.496 e. The number of Topliss-reactive ketones (excluding diaryl/α,β-unsaturated/α-hetero) is 1. The Kier molecular flexibility index (Phi) is 10.4. The average Bonchev–Trinajstić information content (AvgIpc) is 2.83. The lowest BCUT2D eigenvalue weighted by Crippen LogP contribution is -2.45. The SMILES string of the molecule is COc1cc(N)c(Cl)cc1C(=O)NC(CCC(O)C(=O)c1ccccc1)C1CCNCC1.Cl. The number of nitrogen functional groups attached to an aromatic ring is 1. The van der Waals surface area contributed by atoms with E-state index in [1.54, 1.807) is 24.3 Å². The second-order valence-corrected chi connectivity index (χ2v) is 8.47. The molecule has 0 spiro atoms. The first-order valence-electron chi connectivity index (χ1n) is 10.8. The van der Waals surface area contributed by atoms with Crippen molar-refractivity contribution in [3.63, 3.8) is 0 Å². The minimum absolute atomic E-state index is 0. The summed E-state index contributed by atoms with van der Waals surface area (Å²) in [5.74, 6) is -0.0636. The van der Waals surface area contributed by atoms with Gasteiger partial charge >= 0.3 is 0 Å². The molecule has 7 nitrogen and oxygen atoms in total.